The molecule has 58 heavy (non-hydrogen) atoms. The van der Waals surface area contributed by atoms with Gasteiger partial charge in [0.15, 0.2) is 5.60 Å². The molecule has 3 aliphatic heterocycles. The maximum atomic E-state index is 13.9. The number of fused-ring (bicyclic) bond motifs is 5. The Bertz CT molecular complexity index is 1600. The van der Waals surface area contributed by atoms with Crippen LogP contribution in [0.2, 0.25) is 0 Å². The van der Waals surface area contributed by atoms with Gasteiger partial charge in [0.2, 0.25) is 0 Å². The van der Waals surface area contributed by atoms with Crippen LogP contribution in [-0.4, -0.2) is 120 Å². The van der Waals surface area contributed by atoms with Gasteiger partial charge in [-0.25, -0.2) is 4.79 Å². The van der Waals surface area contributed by atoms with Crippen LogP contribution in [-0.2, 0) is 84.1 Å². The third kappa shape index (κ3) is 11.3. The highest BCUT2D eigenvalue weighted by molar-refractivity contribution is 5.96. The lowest BCUT2D eigenvalue weighted by Crippen LogP contribution is -2.31. The molecular formula is C44H58O14. The Hall–Kier alpha value is -3.67. The first kappa shape index (κ1) is 43.9. The highest BCUT2D eigenvalue weighted by Gasteiger charge is 2.49. The molecule has 0 aliphatic carbocycles. The molecule has 4 bridgehead atoms. The smallest absolute Gasteiger partial charge is 0.340 e. The van der Waals surface area contributed by atoms with Gasteiger partial charge in [-0.2, -0.15) is 0 Å². The summed E-state index contributed by atoms with van der Waals surface area (Å²) in [7, 11) is 0. The van der Waals surface area contributed by atoms with Crippen molar-refractivity contribution in [2.24, 2.45) is 0 Å². The van der Waals surface area contributed by atoms with Crippen molar-refractivity contribution >= 4 is 5.97 Å². The molecule has 0 saturated carbocycles. The Labute approximate surface area is 340 Å². The van der Waals surface area contributed by atoms with Crippen LogP contribution in [0.5, 0.6) is 11.5 Å². The average molecular weight is 811 g/mol. The van der Waals surface area contributed by atoms with Crippen LogP contribution >= 0.6 is 0 Å². The van der Waals surface area contributed by atoms with E-state index >= 15 is 0 Å². The van der Waals surface area contributed by atoms with Crippen LogP contribution in [0.3, 0.4) is 0 Å². The van der Waals surface area contributed by atoms with Gasteiger partial charge in [0, 0.05) is 38.9 Å². The van der Waals surface area contributed by atoms with E-state index in [2.05, 4.69) is 0 Å². The number of ether oxygens (including phenoxy) is 11. The monoisotopic (exact) mass is 810 g/mol. The molecule has 14 nitrogen and oxygen atoms in total. The summed E-state index contributed by atoms with van der Waals surface area (Å²) < 4.78 is 65.8. The van der Waals surface area contributed by atoms with Gasteiger partial charge in [0.05, 0.1) is 136 Å². The number of benzene rings is 3. The van der Waals surface area contributed by atoms with Gasteiger partial charge >= 0.3 is 5.97 Å². The molecule has 14 heteroatoms. The van der Waals surface area contributed by atoms with E-state index in [1.807, 2.05) is 39.8 Å². The minimum absolute atomic E-state index is 0.000201. The average Bonchev–Trinajstić information content (AvgIpc) is 3.52. The molecule has 3 aromatic rings. The van der Waals surface area contributed by atoms with Crippen LogP contribution in [0.15, 0.2) is 48.5 Å². The molecular weight excluding hydrogens is 752 g/mol. The molecule has 3 aliphatic rings. The fourth-order valence-electron chi connectivity index (χ4n) is 6.97. The summed E-state index contributed by atoms with van der Waals surface area (Å²) in [5, 5.41) is 23.5. The van der Waals surface area contributed by atoms with Gasteiger partial charge in [0.1, 0.15) is 11.5 Å². The van der Waals surface area contributed by atoms with Crippen LogP contribution in [0.25, 0.3) is 0 Å². The second kappa shape index (κ2) is 21.5. The zero-order valence-electron chi connectivity index (χ0n) is 34.0. The molecule has 0 saturated heterocycles. The normalized spacial score (nSPS) is 25.3. The summed E-state index contributed by atoms with van der Waals surface area (Å²) in [6.07, 6.45) is -1.27. The lowest BCUT2D eigenvalue weighted by molar-refractivity contribution is -0.0475. The number of hydrogen-bond acceptors (Lipinski definition) is 14. The SMILES string of the molecule is C[C@H]1COCCOCCOC[C@H](C)OCc2cc(C3(c4cc5c(O)c(c4)CO[C@@H](C)COCCOCCOC[C@H](C)OC5)OC(=O)c4ccccc43)cc(c2O)CO1. The minimum atomic E-state index is -1.54. The van der Waals surface area contributed by atoms with Crippen molar-refractivity contribution in [2.45, 2.75) is 84.1 Å². The molecule has 3 aromatic carbocycles. The Morgan fingerprint density at radius 3 is 1.19 bits per heavy atom. The van der Waals surface area contributed by atoms with Crippen molar-refractivity contribution in [1.82, 2.24) is 0 Å². The number of aromatic hydroxyl groups is 2. The Morgan fingerprint density at radius 2 is 0.828 bits per heavy atom. The number of hydrogen-bond donors (Lipinski definition) is 2. The van der Waals surface area contributed by atoms with E-state index in [1.54, 1.807) is 36.4 Å². The molecule has 318 valence electrons. The molecule has 6 rings (SSSR count). The molecule has 0 spiro atoms. The first-order chi connectivity index (χ1) is 28.2. The maximum Gasteiger partial charge on any atom is 0.340 e. The highest BCUT2D eigenvalue weighted by Crippen LogP contribution is 2.50. The molecule has 4 atom stereocenters. The van der Waals surface area contributed by atoms with Crippen LogP contribution in [0.1, 0.15) is 77.0 Å². The van der Waals surface area contributed by atoms with Gasteiger partial charge in [0.25, 0.3) is 0 Å². The second-order valence-corrected chi connectivity index (χ2v) is 14.9. The van der Waals surface area contributed by atoms with E-state index in [0.717, 1.165) is 0 Å². The van der Waals surface area contributed by atoms with Gasteiger partial charge in [-0.3, -0.25) is 0 Å². The fraction of sp³-hybridized carbons (Fsp3) is 0.568. The number of rotatable bonds is 2. The molecule has 3 heterocycles. The largest absolute Gasteiger partial charge is 0.507 e. The van der Waals surface area contributed by atoms with Crippen LogP contribution in [0, 0.1) is 0 Å². The van der Waals surface area contributed by atoms with Crippen molar-refractivity contribution in [3.8, 4) is 11.5 Å². The Balaban J connectivity index is 1.46. The molecule has 0 unspecified atom stereocenters. The number of carbonyl (C=O) groups excluding carboxylic acids is 1. The number of cyclic esters (lactones) is 1. The lowest BCUT2D eigenvalue weighted by atomic mass is 9.77. The highest BCUT2D eigenvalue weighted by atomic mass is 16.6. The zero-order valence-corrected chi connectivity index (χ0v) is 34.0. The van der Waals surface area contributed by atoms with Gasteiger partial charge in [-0.15, -0.1) is 0 Å². The Kier molecular flexibility index (Phi) is 16.3. The predicted molar refractivity (Wildman–Crippen MR) is 210 cm³/mol. The first-order valence-corrected chi connectivity index (χ1v) is 20.1. The van der Waals surface area contributed by atoms with Gasteiger partial charge in [-0.1, -0.05) is 18.2 Å². The summed E-state index contributed by atoms with van der Waals surface area (Å²) in [4.78, 5) is 13.9. The van der Waals surface area contributed by atoms with Crippen molar-refractivity contribution in [1.29, 1.82) is 0 Å². The standard InChI is InChI=1S/C44H58O14/c1-29-21-50-13-9-48-10-14-51-22-30(2)55-26-34-18-37(17-33(25-54-29)41(34)45)44(40-8-6-5-7-39(40)43(47)58-44)38-19-35-27-56-31(3)23-52-15-11-49-12-16-53-24-32(4)57-28-36(20-38)42(35)46/h5-8,17-20,29-32,45-46H,9-16,21-28H2,1-4H3/t29-,30-,31-,32-/m0/s1. The van der Waals surface area contributed by atoms with Gasteiger partial charge in [-0.05, 0) is 58.0 Å². The predicted octanol–water partition coefficient (Wildman–Crippen LogP) is 5.31. The third-order valence-corrected chi connectivity index (χ3v) is 10.1. The van der Waals surface area contributed by atoms with Crippen LogP contribution in [0.4, 0.5) is 0 Å². The van der Waals surface area contributed by atoms with Crippen molar-refractivity contribution in [3.63, 3.8) is 0 Å². The van der Waals surface area contributed by atoms with Gasteiger partial charge < -0.3 is 62.3 Å². The number of phenolic OH excluding ortho intramolecular Hbond substituents is 2. The summed E-state index contributed by atoms with van der Waals surface area (Å²) in [5.41, 5.74) is 2.38. The number of esters is 1. The van der Waals surface area contributed by atoms with E-state index in [4.69, 9.17) is 52.1 Å². The molecule has 0 amide bonds. The first-order valence-electron chi connectivity index (χ1n) is 20.1. The van der Waals surface area contributed by atoms with E-state index in [9.17, 15) is 15.0 Å². The van der Waals surface area contributed by atoms with E-state index in [1.165, 1.54) is 0 Å². The number of carbonyl (C=O) groups is 1. The summed E-state index contributed by atoms with van der Waals surface area (Å²) >= 11 is 0. The Morgan fingerprint density at radius 1 is 0.500 bits per heavy atom. The third-order valence-electron chi connectivity index (χ3n) is 10.1. The lowest BCUT2D eigenvalue weighted by Gasteiger charge is -2.33. The molecule has 0 aromatic heterocycles. The summed E-state index contributed by atoms with van der Waals surface area (Å²) in [6, 6.07) is 14.4. The molecule has 0 fully saturated rings. The van der Waals surface area contributed by atoms with Crippen LogP contribution < -0.4 is 0 Å². The second-order valence-electron chi connectivity index (χ2n) is 14.9. The fourth-order valence-corrected chi connectivity index (χ4v) is 6.97. The zero-order chi connectivity index (χ0) is 40.9. The van der Waals surface area contributed by atoms with Crippen molar-refractivity contribution < 1.29 is 67.1 Å². The summed E-state index contributed by atoms with van der Waals surface area (Å²) in [6.45, 7) is 12.2. The van der Waals surface area contributed by atoms with E-state index in [0.29, 0.717) is 124 Å². The number of phenols is 2. The summed E-state index contributed by atoms with van der Waals surface area (Å²) in [5.74, 6) is -0.522. The maximum absolute atomic E-state index is 13.9. The van der Waals surface area contributed by atoms with E-state index < -0.39 is 11.6 Å². The minimum Gasteiger partial charge on any atom is -0.507 e. The van der Waals surface area contributed by atoms with Crippen molar-refractivity contribution in [3.05, 3.63) is 93.0 Å². The van der Waals surface area contributed by atoms with Crippen molar-refractivity contribution in [2.75, 3.05) is 79.3 Å². The van der Waals surface area contributed by atoms with E-state index in [-0.39, 0.29) is 62.3 Å². The molecule has 0 radical (unpaired) electrons. The molecule has 2 N–H and O–H groups in total. The quantitative estimate of drug-likeness (QED) is 0.321. The topological polar surface area (TPSA) is 159 Å².